The summed E-state index contributed by atoms with van der Waals surface area (Å²) in [5.74, 6) is 59.6. The van der Waals surface area contributed by atoms with E-state index in [-0.39, 0.29) is 0 Å². The summed E-state index contributed by atoms with van der Waals surface area (Å²) in [7, 11) is 0. The third-order valence-electron chi connectivity index (χ3n) is 73.3. The molecule has 0 aromatic carbocycles. The highest BCUT2D eigenvalue weighted by atomic mass is 15.7. The van der Waals surface area contributed by atoms with Gasteiger partial charge in [0, 0.05) is 0 Å². The van der Waals surface area contributed by atoms with Gasteiger partial charge in [-0.1, -0.05) is 0 Å². The average Bonchev–Trinajstić information content (AvgIpc) is 0.440. The highest BCUT2D eigenvalue weighted by Crippen LogP contribution is 3.66. The molecule has 76 unspecified atom stereocenters. The minimum atomic E-state index is 1.10. The monoisotopic (exact) mass is 1060 g/mol. The first-order chi connectivity index (χ1) is 41.8. The van der Waals surface area contributed by atoms with Crippen LogP contribution in [0.1, 0.15) is 25.7 Å². The van der Waals surface area contributed by atoms with Crippen LogP contribution in [0.5, 0.6) is 0 Å². The molecule has 0 radical (unpaired) electrons. The summed E-state index contributed by atoms with van der Waals surface area (Å²) in [6.07, 6.45) is 7.35. The molecule has 0 amide bonds. The van der Waals surface area contributed by atoms with Crippen LogP contribution in [0.3, 0.4) is 0 Å². The molecule has 386 valence electrons. The van der Waals surface area contributed by atoms with Crippen LogP contribution in [0.15, 0.2) is 0 Å². The van der Waals surface area contributed by atoms with E-state index in [1.54, 1.807) is 0 Å². The molecule has 60 saturated carbocycles. The van der Waals surface area contributed by atoms with Crippen LogP contribution in [0.2, 0.25) is 0 Å². The molecule has 60 aliphatic carbocycles. The molecule has 0 heteroatoms. The number of fused-ring (bicyclic) bond motifs is 38. The predicted octanol–water partition coefficient (Wildman–Crippen LogP) is 6.73. The summed E-state index contributed by atoms with van der Waals surface area (Å²) in [6, 6.07) is 0. The molecule has 76 atom stereocenters. The van der Waals surface area contributed by atoms with Crippen LogP contribution in [0.25, 0.3) is 0 Å². The van der Waals surface area contributed by atoms with Crippen molar-refractivity contribution in [2.75, 3.05) is 0 Å². The van der Waals surface area contributed by atoms with Gasteiger partial charge in [-0.3, -0.25) is 0 Å². The fourth-order valence-corrected chi connectivity index (χ4v) is 92.9. The summed E-state index contributed by atoms with van der Waals surface area (Å²) < 4.78 is 0. The van der Waals surface area contributed by atoms with Gasteiger partial charge in [-0.2, -0.15) is 0 Å². The van der Waals surface area contributed by atoms with Crippen molar-refractivity contribution in [2.24, 2.45) is 454 Å². The zero-order valence-corrected chi connectivity index (χ0v) is 46.1. The summed E-state index contributed by atoms with van der Waals surface area (Å²) in [4.78, 5) is 0. The molecule has 60 aliphatic rings. The van der Waals surface area contributed by atoms with Crippen LogP contribution in [-0.4, -0.2) is 0 Å². The van der Waals surface area contributed by atoms with E-state index in [2.05, 4.69) is 0 Å². The molecule has 0 aromatic rings. The second-order valence-corrected chi connectivity index (χ2v) is 54.6. The molecule has 38 spiro atoms. The van der Waals surface area contributed by atoms with Crippen molar-refractivity contribution < 1.29 is 0 Å². The molecule has 0 aromatic heterocycles. The maximum Gasteiger partial charge on any atom is -0.00502 e. The van der Waals surface area contributed by atoms with Gasteiger partial charge in [-0.25, -0.2) is 0 Å². The van der Waals surface area contributed by atoms with E-state index in [0.29, 0.717) is 0 Å². The van der Waals surface area contributed by atoms with Gasteiger partial charge >= 0.3 is 0 Å². The van der Waals surface area contributed by atoms with Crippen molar-refractivity contribution in [1.29, 1.82) is 0 Å². The zero-order chi connectivity index (χ0) is 46.1. The van der Waals surface area contributed by atoms with Gasteiger partial charge in [0.2, 0.25) is 0 Å². The lowest BCUT2D eigenvalue weighted by molar-refractivity contribution is -1.16. The Bertz CT molecular complexity index is 5360. The van der Waals surface area contributed by atoms with E-state index in [0.717, 1.165) is 206 Å². The van der Waals surface area contributed by atoms with E-state index in [1.165, 1.54) is 249 Å². The van der Waals surface area contributed by atoms with E-state index >= 15 is 0 Å². The highest BCUT2D eigenvalue weighted by molar-refractivity contribution is 6.10. The molecule has 0 aliphatic heterocycles. The predicted molar refractivity (Wildman–Crippen MR) is 258 cm³/mol. The first-order valence-corrected chi connectivity index (χ1v) is 41.8. The van der Waals surface area contributed by atoms with Crippen LogP contribution in [0, 0.1) is 454 Å². The Morgan fingerprint density at radius 1 is 0.0952 bits per heavy atom. The molecule has 0 bridgehead atoms. The van der Waals surface area contributed by atoms with Crippen molar-refractivity contribution in [3.8, 4) is 0 Å². The van der Waals surface area contributed by atoms with E-state index < -0.39 is 0 Å². The number of rotatable bonds is 0. The first kappa shape index (κ1) is 28.3. The van der Waals surface area contributed by atoms with Gasteiger partial charge in [0.15, 0.2) is 0 Å². The molecule has 84 heavy (non-hydrogen) atoms. The molecule has 0 N–H and O–H groups in total. The average molecular weight is 1060 g/mol. The van der Waals surface area contributed by atoms with Crippen molar-refractivity contribution in [1.82, 2.24) is 0 Å². The van der Waals surface area contributed by atoms with Crippen LogP contribution in [-0.2, 0) is 0 Å². The summed E-state index contributed by atoms with van der Waals surface area (Å²) in [6.45, 7) is 0. The van der Waals surface area contributed by atoms with Crippen molar-refractivity contribution >= 4 is 0 Å². The minimum Gasteiger partial charge on any atom is -0.0458 e. The Morgan fingerprint density at radius 3 is 0.310 bits per heavy atom. The Labute approximate surface area is 477 Å². The molecule has 0 nitrogen and oxygen atoms in total. The van der Waals surface area contributed by atoms with Gasteiger partial charge in [0.1, 0.15) is 0 Å². The van der Waals surface area contributed by atoms with Crippen molar-refractivity contribution in [3.63, 3.8) is 0 Å². The smallest absolute Gasteiger partial charge is 0.00502 e. The van der Waals surface area contributed by atoms with Gasteiger partial charge in [-0.15, -0.1) is 0 Å². The summed E-state index contributed by atoms with van der Waals surface area (Å²) >= 11 is 0. The molecule has 60 rings (SSSR count). The number of hydrogen-bond acceptors (Lipinski definition) is 0. The normalized spacial score (nSPS) is 142. The van der Waals surface area contributed by atoms with Gasteiger partial charge in [-0.05, 0) is 480 Å². The fourth-order valence-electron chi connectivity index (χ4n) is 92.9. The standard InChI is InChI=1S/C84H50/c1-5-6-2-10-14-18-22-26-30-34-38-43-46-44-40-36-32-28-24-20-16-12-4-8-7-3-11-15-19-23-27-31-35-39-42-45-41-37-33-29-25-21-17-13-9(1)47(5)48(6,10)52(14)51(13,47)55(17)56(18,52)60(22)59(21,55)63(25)64(26,60)68(30)67(29,63)71(33)72(34,68)76(38)75(37,71)79(41)80(43,76)84(46)82(44)78(40)74(36)70(32)66(28)62(24)58(20)54(16)50(8,12)49(7,11)53(15,54)57(19,58)61(23,62)65(27,66)69(31,70)73(35,74)77(39,78)81(42,82)83(45,79)84/h5-46H,1-4H2. The van der Waals surface area contributed by atoms with Gasteiger partial charge in [0.05, 0.1) is 0 Å². The van der Waals surface area contributed by atoms with E-state index in [1.807, 2.05) is 25.7 Å². The SMILES string of the molecule is C1C2C3CC4C5C6C7C8C9C%10C%11C%12C%13C%14C%15C%16C%17C%18C%19C%20C%21C%22CC%23C%24CC%25C%26C%27C%28C%29C%30C%31C%32C%33C%34C%35C%36C%37C%38C%39C%40C%41C%42C1C21C34C52C%421C%411C62C72C%401C%391C82C92C%381C%371C%102C%112C%361C%351C%122C%132C%143C%154C%165C%176C%187C%198C%209C%21%10C%23%22C%24%25C%26%10C%279C%288C%297C%306C%315C%324C%333C%3412. The largest absolute Gasteiger partial charge is 0.0458 e. The van der Waals surface area contributed by atoms with Crippen LogP contribution >= 0.6 is 0 Å². The maximum atomic E-state index is 1.84. The maximum absolute atomic E-state index is 1.84. The Hall–Kier alpha value is 0. The van der Waals surface area contributed by atoms with E-state index in [9.17, 15) is 0 Å². The summed E-state index contributed by atoms with van der Waals surface area (Å²) in [5.41, 5.74) is 42.6. The molecule has 0 saturated heterocycles. The summed E-state index contributed by atoms with van der Waals surface area (Å²) in [5, 5.41) is 0. The lowest BCUT2D eigenvalue weighted by Gasteiger charge is -3.61. The lowest BCUT2D eigenvalue weighted by atomic mass is 8.42. The lowest BCUT2D eigenvalue weighted by Crippen LogP contribution is -3.59. The molecule has 0 heterocycles. The minimum absolute atomic E-state index is 1.10. The quantitative estimate of drug-likeness (QED) is 0.253. The van der Waals surface area contributed by atoms with Gasteiger partial charge < -0.3 is 0 Å². The molecular weight excluding hydrogens is 1010 g/mol. The zero-order valence-electron chi connectivity index (χ0n) is 46.1. The van der Waals surface area contributed by atoms with Gasteiger partial charge in [0.25, 0.3) is 0 Å². The Kier molecular flexibility index (Phi) is 1.47. The van der Waals surface area contributed by atoms with Crippen molar-refractivity contribution in [3.05, 3.63) is 0 Å². The van der Waals surface area contributed by atoms with Crippen LogP contribution in [0.4, 0.5) is 0 Å². The number of hydrogen-bond donors (Lipinski definition) is 0. The highest BCUT2D eigenvalue weighted by Gasteiger charge is 3.65. The first-order valence-electron chi connectivity index (χ1n) is 41.8. The van der Waals surface area contributed by atoms with Crippen molar-refractivity contribution in [2.45, 2.75) is 25.7 Å². The molecular formula is C84H50. The fraction of sp³-hybridized carbons (Fsp3) is 1.00. The Morgan fingerprint density at radius 2 is 0.190 bits per heavy atom. The third kappa shape index (κ3) is 0.643. The molecule has 60 fully saturated rings. The topological polar surface area (TPSA) is 0 Å². The van der Waals surface area contributed by atoms with E-state index in [4.69, 9.17) is 0 Å². The third-order valence-corrected chi connectivity index (χ3v) is 73.3. The Balaban J connectivity index is 0.508. The van der Waals surface area contributed by atoms with Crippen LogP contribution < -0.4 is 0 Å². The second-order valence-electron chi connectivity index (χ2n) is 54.6. The second kappa shape index (κ2) is 4.35.